The molecule has 0 unspecified atom stereocenters. The number of amides is 1. The second-order valence-corrected chi connectivity index (χ2v) is 6.95. The smallest absolute Gasteiger partial charge is 0.272 e. The van der Waals surface area contributed by atoms with Gasteiger partial charge in [0.2, 0.25) is 0 Å². The fourth-order valence-electron chi connectivity index (χ4n) is 3.39. The summed E-state index contributed by atoms with van der Waals surface area (Å²) in [4.78, 5) is 20.6. The lowest BCUT2D eigenvalue weighted by atomic mass is 9.95. The number of piperidine rings is 1. The van der Waals surface area contributed by atoms with E-state index in [0.717, 1.165) is 37.4 Å². The van der Waals surface area contributed by atoms with Crippen molar-refractivity contribution in [2.75, 3.05) is 13.1 Å². The van der Waals surface area contributed by atoms with Crippen molar-refractivity contribution in [3.8, 4) is 0 Å². The molecule has 0 saturated carbocycles. The van der Waals surface area contributed by atoms with Crippen LogP contribution in [0.15, 0.2) is 23.8 Å². The highest BCUT2D eigenvalue weighted by Crippen LogP contribution is 2.32. The van der Waals surface area contributed by atoms with Crippen LogP contribution in [-0.4, -0.2) is 43.1 Å². The fraction of sp³-hybridized carbons (Fsp3) is 0.438. The maximum Gasteiger partial charge on any atom is 0.272 e. The van der Waals surface area contributed by atoms with Gasteiger partial charge in [0.25, 0.3) is 5.91 Å². The van der Waals surface area contributed by atoms with Crippen molar-refractivity contribution >= 4 is 22.1 Å². The molecular weight excluding hydrogens is 310 g/mol. The van der Waals surface area contributed by atoms with E-state index in [1.54, 1.807) is 28.3 Å². The van der Waals surface area contributed by atoms with E-state index in [2.05, 4.69) is 21.1 Å². The molecule has 0 bridgehead atoms. The lowest BCUT2D eigenvalue weighted by molar-refractivity contribution is 0.0695. The van der Waals surface area contributed by atoms with Crippen LogP contribution in [0.5, 0.6) is 0 Å². The summed E-state index contributed by atoms with van der Waals surface area (Å²) in [6.07, 6.45) is 5.83. The summed E-state index contributed by atoms with van der Waals surface area (Å²) in [5.41, 5.74) is 1.79. The molecule has 1 amide bonds. The van der Waals surface area contributed by atoms with Crippen molar-refractivity contribution in [1.82, 2.24) is 24.1 Å². The van der Waals surface area contributed by atoms with E-state index in [-0.39, 0.29) is 5.91 Å². The predicted octanol–water partition coefficient (Wildman–Crippen LogP) is 2.46. The van der Waals surface area contributed by atoms with Gasteiger partial charge < -0.3 is 4.90 Å². The number of thiazole rings is 1. The topological polar surface area (TPSA) is 55.4 Å². The van der Waals surface area contributed by atoms with Crippen LogP contribution < -0.4 is 0 Å². The lowest BCUT2D eigenvalue weighted by Gasteiger charge is -2.32. The Hall–Kier alpha value is -2.15. The highest BCUT2D eigenvalue weighted by Gasteiger charge is 2.29. The van der Waals surface area contributed by atoms with Crippen molar-refractivity contribution in [3.05, 3.63) is 41.1 Å². The third-order valence-corrected chi connectivity index (χ3v) is 5.48. The van der Waals surface area contributed by atoms with Gasteiger partial charge in [-0.25, -0.2) is 4.98 Å². The molecule has 3 aromatic heterocycles. The van der Waals surface area contributed by atoms with Crippen LogP contribution in [-0.2, 0) is 7.05 Å². The molecule has 6 nitrogen and oxygen atoms in total. The Bertz CT molecular complexity index is 861. The van der Waals surface area contributed by atoms with Gasteiger partial charge in [0, 0.05) is 43.8 Å². The summed E-state index contributed by atoms with van der Waals surface area (Å²) in [7, 11) is 1.81. The number of fused-ring (bicyclic) bond motifs is 1. The minimum atomic E-state index is 0.0630. The molecule has 0 aliphatic carbocycles. The molecule has 1 atom stereocenters. The van der Waals surface area contributed by atoms with Gasteiger partial charge in [-0.3, -0.25) is 13.9 Å². The van der Waals surface area contributed by atoms with Gasteiger partial charge in [-0.2, -0.15) is 5.10 Å². The average molecular weight is 329 g/mol. The Morgan fingerprint density at radius 1 is 1.43 bits per heavy atom. The van der Waals surface area contributed by atoms with Crippen LogP contribution in [0.4, 0.5) is 0 Å². The number of nitrogens with zero attached hydrogens (tertiary/aromatic N) is 5. The Balaban J connectivity index is 1.61. The van der Waals surface area contributed by atoms with Gasteiger partial charge in [0.15, 0.2) is 0 Å². The summed E-state index contributed by atoms with van der Waals surface area (Å²) < 4.78 is 3.78. The minimum Gasteiger partial charge on any atom is -0.337 e. The summed E-state index contributed by atoms with van der Waals surface area (Å²) in [5, 5.41) is 6.19. The third-order valence-electron chi connectivity index (χ3n) is 4.59. The molecule has 0 aromatic carbocycles. The third kappa shape index (κ3) is 2.35. The number of imidazole rings is 1. The predicted molar refractivity (Wildman–Crippen MR) is 88.9 cm³/mol. The number of rotatable bonds is 2. The van der Waals surface area contributed by atoms with Gasteiger partial charge >= 0.3 is 0 Å². The molecule has 0 N–H and O–H groups in total. The number of aryl methyl sites for hydroxylation is 2. The highest BCUT2D eigenvalue weighted by molar-refractivity contribution is 7.15. The molecule has 0 spiro atoms. The number of carbonyl (C=O) groups is 1. The zero-order valence-corrected chi connectivity index (χ0v) is 14.1. The first-order valence-corrected chi connectivity index (χ1v) is 8.72. The number of likely N-dealkylation sites (tertiary alicyclic amines) is 1. The first kappa shape index (κ1) is 14.4. The Kier molecular flexibility index (Phi) is 3.45. The summed E-state index contributed by atoms with van der Waals surface area (Å²) >= 11 is 1.72. The monoisotopic (exact) mass is 329 g/mol. The molecule has 23 heavy (non-hydrogen) atoms. The van der Waals surface area contributed by atoms with Crippen LogP contribution >= 0.6 is 11.3 Å². The van der Waals surface area contributed by atoms with E-state index in [4.69, 9.17) is 4.98 Å². The fourth-order valence-corrected chi connectivity index (χ4v) is 4.34. The van der Waals surface area contributed by atoms with Crippen LogP contribution in [0, 0.1) is 6.92 Å². The minimum absolute atomic E-state index is 0.0630. The highest BCUT2D eigenvalue weighted by atomic mass is 32.1. The Morgan fingerprint density at radius 2 is 2.30 bits per heavy atom. The van der Waals surface area contributed by atoms with E-state index in [9.17, 15) is 4.79 Å². The van der Waals surface area contributed by atoms with Gasteiger partial charge in [-0.1, -0.05) is 0 Å². The molecule has 4 rings (SSSR count). The first-order chi connectivity index (χ1) is 11.1. The lowest BCUT2D eigenvalue weighted by Crippen LogP contribution is -2.40. The zero-order chi connectivity index (χ0) is 16.0. The number of aromatic nitrogens is 4. The van der Waals surface area contributed by atoms with Crippen LogP contribution in [0.1, 0.15) is 40.8 Å². The molecule has 120 valence electrons. The zero-order valence-electron chi connectivity index (χ0n) is 13.3. The van der Waals surface area contributed by atoms with Crippen molar-refractivity contribution < 1.29 is 4.79 Å². The molecule has 1 fully saturated rings. The van der Waals surface area contributed by atoms with E-state index in [0.29, 0.717) is 11.6 Å². The van der Waals surface area contributed by atoms with Crippen molar-refractivity contribution in [3.63, 3.8) is 0 Å². The van der Waals surface area contributed by atoms with E-state index in [1.807, 2.05) is 18.9 Å². The van der Waals surface area contributed by atoms with Crippen LogP contribution in [0.2, 0.25) is 0 Å². The number of carbonyl (C=O) groups excluding carboxylic acids is 1. The van der Waals surface area contributed by atoms with E-state index < -0.39 is 0 Å². The first-order valence-electron chi connectivity index (χ1n) is 7.84. The van der Waals surface area contributed by atoms with Crippen molar-refractivity contribution in [2.45, 2.75) is 25.7 Å². The molecule has 0 radical (unpaired) electrons. The normalized spacial score (nSPS) is 18.7. The summed E-state index contributed by atoms with van der Waals surface area (Å²) in [6.45, 7) is 3.57. The van der Waals surface area contributed by atoms with E-state index >= 15 is 0 Å². The largest absolute Gasteiger partial charge is 0.337 e. The van der Waals surface area contributed by atoms with E-state index in [1.165, 1.54) is 4.83 Å². The van der Waals surface area contributed by atoms with Gasteiger partial charge in [0.1, 0.15) is 16.3 Å². The molecule has 4 heterocycles. The average Bonchev–Trinajstić information content (AvgIpc) is 3.25. The quantitative estimate of drug-likeness (QED) is 0.726. The van der Waals surface area contributed by atoms with Crippen LogP contribution in [0.3, 0.4) is 0 Å². The maximum absolute atomic E-state index is 12.7. The summed E-state index contributed by atoms with van der Waals surface area (Å²) in [6, 6.07) is 1.78. The second kappa shape index (κ2) is 5.49. The molecule has 1 aliphatic rings. The molecule has 1 aliphatic heterocycles. The van der Waals surface area contributed by atoms with Crippen molar-refractivity contribution in [1.29, 1.82) is 0 Å². The molecular formula is C16H19N5OS. The molecule has 1 saturated heterocycles. The van der Waals surface area contributed by atoms with Crippen LogP contribution in [0.25, 0.3) is 4.83 Å². The second-order valence-electron chi connectivity index (χ2n) is 6.05. The molecule has 3 aromatic rings. The summed E-state index contributed by atoms with van der Waals surface area (Å²) in [5.74, 6) is 1.39. The van der Waals surface area contributed by atoms with Gasteiger partial charge in [0.05, 0.1) is 5.69 Å². The number of hydrogen-bond acceptors (Lipinski definition) is 4. The van der Waals surface area contributed by atoms with Crippen molar-refractivity contribution in [2.24, 2.45) is 7.05 Å². The Morgan fingerprint density at radius 3 is 3.09 bits per heavy atom. The maximum atomic E-state index is 12.7. The number of hydrogen-bond donors (Lipinski definition) is 0. The van der Waals surface area contributed by atoms with Gasteiger partial charge in [-0.05, 0) is 25.8 Å². The SMILES string of the molecule is Cc1nc([C@@H]2CCCN(C(=O)c3ccnn3C)C2)c2sccn12. The Labute approximate surface area is 138 Å². The van der Waals surface area contributed by atoms with Gasteiger partial charge in [-0.15, -0.1) is 11.3 Å². The standard InChI is InChI=1S/C16H19N5OS/c1-11-18-14(16-21(11)8-9-23-16)12-4-3-7-20(10-12)15(22)13-5-6-17-19(13)2/h5-6,8-9,12H,3-4,7,10H2,1-2H3/t12-/m1/s1. The molecule has 7 heteroatoms.